The van der Waals surface area contributed by atoms with Gasteiger partial charge in [-0.05, 0) is 51.4 Å². The summed E-state index contributed by atoms with van der Waals surface area (Å²) in [6, 6.07) is 0. The van der Waals surface area contributed by atoms with Gasteiger partial charge in [-0.3, -0.25) is 14.1 Å². The van der Waals surface area contributed by atoms with E-state index in [0.717, 1.165) is 57.8 Å². The van der Waals surface area contributed by atoms with E-state index in [4.69, 9.17) is 19.3 Å². The lowest BCUT2D eigenvalue weighted by molar-refractivity contribution is -0.161. The summed E-state index contributed by atoms with van der Waals surface area (Å²) in [4.78, 5) is 42.9. The third-order valence-corrected chi connectivity index (χ3v) is 10.3. The summed E-state index contributed by atoms with van der Waals surface area (Å²) in [7, 11) is -4.77. The van der Waals surface area contributed by atoms with E-state index in [9.17, 15) is 14.2 Å². The molecule has 56 heavy (non-hydrogen) atoms. The second kappa shape index (κ2) is 42.6. The van der Waals surface area contributed by atoms with Gasteiger partial charge in [0.25, 0.3) is 0 Å². The normalized spacial score (nSPS) is 12.9. The first-order chi connectivity index (χ1) is 27.3. The van der Waals surface area contributed by atoms with E-state index in [2.05, 4.69) is 67.0 Å². The second-order valence-electron chi connectivity index (χ2n) is 15.4. The summed E-state index contributed by atoms with van der Waals surface area (Å²) >= 11 is 0. The van der Waals surface area contributed by atoms with Gasteiger partial charge in [0.2, 0.25) is 0 Å². The molecule has 0 saturated carbocycles. The van der Waals surface area contributed by atoms with Crippen molar-refractivity contribution in [2.45, 2.75) is 225 Å². The zero-order valence-electron chi connectivity index (χ0n) is 36.0. The first kappa shape index (κ1) is 54.0. The lowest BCUT2D eigenvalue weighted by Gasteiger charge is -2.18. The lowest BCUT2D eigenvalue weighted by Crippen LogP contribution is -2.29. The van der Waals surface area contributed by atoms with Crippen LogP contribution in [-0.4, -0.2) is 41.0 Å². The van der Waals surface area contributed by atoms with Gasteiger partial charge in [-0.25, -0.2) is 4.57 Å². The second-order valence-corrected chi connectivity index (χ2v) is 16.6. The van der Waals surface area contributed by atoms with Crippen LogP contribution in [0.1, 0.15) is 219 Å². The molecule has 0 aliphatic carbocycles. The smallest absolute Gasteiger partial charge is 0.462 e. The molecule has 0 heterocycles. The molecule has 0 bridgehead atoms. The van der Waals surface area contributed by atoms with Crippen molar-refractivity contribution in [3.63, 3.8) is 0 Å². The molecule has 0 saturated heterocycles. The Bertz CT molecular complexity index is 1050. The molecule has 0 aromatic carbocycles. The molecule has 0 aromatic heterocycles. The number of esters is 2. The van der Waals surface area contributed by atoms with Gasteiger partial charge in [-0.15, -0.1) is 0 Å². The van der Waals surface area contributed by atoms with Crippen molar-refractivity contribution in [2.75, 3.05) is 13.2 Å². The molecule has 1 unspecified atom stereocenters. The van der Waals surface area contributed by atoms with Crippen LogP contribution in [0.3, 0.4) is 0 Å². The van der Waals surface area contributed by atoms with Crippen LogP contribution >= 0.6 is 7.82 Å². The molecular formula is C47H85O8P. The Balaban J connectivity index is 3.85. The molecule has 1 atom stereocenters. The van der Waals surface area contributed by atoms with Crippen molar-refractivity contribution < 1.29 is 37.9 Å². The Morgan fingerprint density at radius 3 is 1.29 bits per heavy atom. The minimum Gasteiger partial charge on any atom is -0.462 e. The summed E-state index contributed by atoms with van der Waals surface area (Å²) < 4.78 is 26.4. The van der Waals surface area contributed by atoms with Crippen LogP contribution in [0.4, 0.5) is 0 Å². The third kappa shape index (κ3) is 44.7. The first-order valence-electron chi connectivity index (χ1n) is 22.9. The first-order valence-corrected chi connectivity index (χ1v) is 24.5. The zero-order valence-corrected chi connectivity index (χ0v) is 36.9. The minimum atomic E-state index is -4.77. The maximum Gasteiger partial charge on any atom is 0.469 e. The summed E-state index contributed by atoms with van der Waals surface area (Å²) in [6.45, 7) is 3.56. The highest BCUT2D eigenvalue weighted by atomic mass is 31.2. The fourth-order valence-corrected chi connectivity index (χ4v) is 6.84. The van der Waals surface area contributed by atoms with Crippen molar-refractivity contribution in [1.29, 1.82) is 0 Å². The zero-order chi connectivity index (χ0) is 41.1. The highest BCUT2D eigenvalue weighted by Crippen LogP contribution is 2.36. The average Bonchev–Trinajstić information content (AvgIpc) is 3.17. The maximum atomic E-state index is 12.4. The fraction of sp³-hybridized carbons (Fsp3) is 0.787. The Morgan fingerprint density at radius 2 is 0.857 bits per heavy atom. The van der Waals surface area contributed by atoms with Crippen LogP contribution < -0.4 is 0 Å². The number of phosphoric acid groups is 1. The Morgan fingerprint density at radius 1 is 0.482 bits per heavy atom. The highest BCUT2D eigenvalue weighted by molar-refractivity contribution is 7.46. The van der Waals surface area contributed by atoms with Crippen LogP contribution in [0.2, 0.25) is 0 Å². The number of carbonyl (C=O) groups is 2. The predicted octanol–water partition coefficient (Wildman–Crippen LogP) is 14.3. The molecule has 0 aromatic rings. The molecule has 8 nitrogen and oxygen atoms in total. The van der Waals surface area contributed by atoms with Gasteiger partial charge in [0.1, 0.15) is 6.61 Å². The van der Waals surface area contributed by atoms with Crippen LogP contribution in [0, 0.1) is 0 Å². The summed E-state index contributed by atoms with van der Waals surface area (Å²) in [5, 5.41) is 0. The molecule has 0 rings (SSSR count). The van der Waals surface area contributed by atoms with E-state index in [-0.39, 0.29) is 19.4 Å². The van der Waals surface area contributed by atoms with Crippen LogP contribution in [0.25, 0.3) is 0 Å². The van der Waals surface area contributed by atoms with E-state index in [0.29, 0.717) is 6.42 Å². The molecule has 9 heteroatoms. The van der Waals surface area contributed by atoms with E-state index >= 15 is 0 Å². The molecule has 0 spiro atoms. The Kier molecular flexibility index (Phi) is 41.1. The van der Waals surface area contributed by atoms with Crippen molar-refractivity contribution in [2.24, 2.45) is 0 Å². The van der Waals surface area contributed by atoms with Gasteiger partial charge >= 0.3 is 19.8 Å². The van der Waals surface area contributed by atoms with Crippen LogP contribution in [-0.2, 0) is 28.2 Å². The van der Waals surface area contributed by atoms with Gasteiger partial charge in [-0.2, -0.15) is 0 Å². The molecule has 0 amide bonds. The number of hydrogen-bond acceptors (Lipinski definition) is 6. The quantitative estimate of drug-likeness (QED) is 0.0271. The number of allylic oxidation sites excluding steroid dienone is 8. The Hall–Kier alpha value is -1.99. The van der Waals surface area contributed by atoms with Crippen molar-refractivity contribution in [1.82, 2.24) is 0 Å². The van der Waals surface area contributed by atoms with E-state index in [1.54, 1.807) is 0 Å². The molecule has 0 aliphatic rings. The van der Waals surface area contributed by atoms with Gasteiger partial charge in [0.15, 0.2) is 6.10 Å². The van der Waals surface area contributed by atoms with Crippen LogP contribution in [0.5, 0.6) is 0 Å². The average molecular weight is 809 g/mol. The van der Waals surface area contributed by atoms with Crippen LogP contribution in [0.15, 0.2) is 48.6 Å². The molecule has 326 valence electrons. The van der Waals surface area contributed by atoms with E-state index < -0.39 is 32.5 Å². The van der Waals surface area contributed by atoms with Crippen molar-refractivity contribution in [3.8, 4) is 0 Å². The minimum absolute atomic E-state index is 0.160. The topological polar surface area (TPSA) is 119 Å². The lowest BCUT2D eigenvalue weighted by atomic mass is 10.0. The highest BCUT2D eigenvalue weighted by Gasteiger charge is 2.22. The number of hydrogen-bond donors (Lipinski definition) is 2. The molecule has 2 N–H and O–H groups in total. The van der Waals surface area contributed by atoms with Gasteiger partial charge in [-0.1, -0.05) is 204 Å². The van der Waals surface area contributed by atoms with Crippen molar-refractivity contribution >= 4 is 19.8 Å². The third-order valence-electron chi connectivity index (χ3n) is 9.86. The van der Waals surface area contributed by atoms with Crippen molar-refractivity contribution in [3.05, 3.63) is 48.6 Å². The fourth-order valence-electron chi connectivity index (χ4n) is 6.48. The molecule has 0 aliphatic heterocycles. The summed E-state index contributed by atoms with van der Waals surface area (Å²) in [6.07, 6.45) is 52.8. The SMILES string of the molecule is CC/C=C\C/C=C\C/C=C\C/C=C\CCCCC(=O)OC(COC(=O)CCCCCCCCCCCCCCCCCCCCCCCCC)COP(=O)(O)O. The summed E-state index contributed by atoms with van der Waals surface area (Å²) in [5.74, 6) is -0.927. The molecule has 0 radical (unpaired) electrons. The van der Waals surface area contributed by atoms with E-state index in [1.807, 2.05) is 0 Å². The Labute approximate surface area is 344 Å². The van der Waals surface area contributed by atoms with E-state index in [1.165, 1.54) is 128 Å². The standard InChI is InChI=1S/C47H85O8P/c1-3-5-7-9-11-13-15-17-19-20-21-22-23-24-25-26-28-29-31-33-35-37-39-41-46(48)53-43-45(44-54-56(50,51)52)55-47(49)42-40-38-36-34-32-30-27-18-16-14-12-10-8-6-4-2/h6,8,12,14,18,27,32,34,45H,3-5,7,9-11,13,15-17,19-26,28-31,33,35-44H2,1-2H3,(H2,50,51,52)/b8-6-,14-12-,27-18-,34-32-. The largest absolute Gasteiger partial charge is 0.469 e. The molecular weight excluding hydrogens is 723 g/mol. The number of rotatable bonds is 42. The number of unbranched alkanes of at least 4 members (excludes halogenated alkanes) is 24. The number of phosphoric ester groups is 1. The van der Waals surface area contributed by atoms with Gasteiger partial charge < -0.3 is 19.3 Å². The monoisotopic (exact) mass is 809 g/mol. The predicted molar refractivity (Wildman–Crippen MR) is 234 cm³/mol. The number of ether oxygens (including phenoxy) is 2. The van der Waals surface area contributed by atoms with Gasteiger partial charge in [0.05, 0.1) is 6.61 Å². The number of carbonyl (C=O) groups excluding carboxylic acids is 2. The van der Waals surface area contributed by atoms with Gasteiger partial charge in [0, 0.05) is 12.8 Å². The molecule has 0 fully saturated rings. The maximum absolute atomic E-state index is 12.4. The summed E-state index contributed by atoms with van der Waals surface area (Å²) in [5.41, 5.74) is 0.